The first kappa shape index (κ1) is 26.9. The predicted octanol–water partition coefficient (Wildman–Crippen LogP) is 6.00. The summed E-state index contributed by atoms with van der Waals surface area (Å²) in [6.07, 6.45) is 0. The third kappa shape index (κ3) is 5.90. The van der Waals surface area contributed by atoms with E-state index in [-0.39, 0.29) is 18.3 Å². The summed E-state index contributed by atoms with van der Waals surface area (Å²) >= 11 is 1.52. The molecule has 8 heteroatoms. The fourth-order valence-electron chi connectivity index (χ4n) is 4.57. The molecule has 0 spiro atoms. The minimum Gasteiger partial charge on any atom is -0.486 e. The van der Waals surface area contributed by atoms with E-state index in [2.05, 4.69) is 18.7 Å². The molecule has 0 saturated heterocycles. The third-order valence-electron chi connectivity index (χ3n) is 6.59. The molecule has 0 radical (unpaired) electrons. The number of hydrogen-bond acceptors (Lipinski definition) is 6. The van der Waals surface area contributed by atoms with Crippen molar-refractivity contribution in [3.63, 3.8) is 0 Å². The number of ether oxygens (including phenoxy) is 2. The Morgan fingerprint density at radius 2 is 1.46 bits per heavy atom. The number of anilines is 1. The molecule has 0 atom stereocenters. The monoisotopic (exact) mass is 537 g/mol. The van der Waals surface area contributed by atoms with E-state index in [1.807, 2.05) is 77.7 Å². The van der Waals surface area contributed by atoms with Crippen LogP contribution in [0.4, 0.5) is 5.13 Å². The molecule has 4 aromatic rings. The van der Waals surface area contributed by atoms with Crippen molar-refractivity contribution >= 4 is 45.0 Å². The Morgan fingerprint density at radius 1 is 0.892 bits per heavy atom. The molecule has 1 aliphatic rings. The molecule has 1 amide bonds. The summed E-state index contributed by atoms with van der Waals surface area (Å²) in [4.78, 5) is 23.5. The number of fused-ring (bicyclic) bond motifs is 2. The van der Waals surface area contributed by atoms with Gasteiger partial charge in [-0.2, -0.15) is 0 Å². The Bertz CT molecular complexity index is 1230. The molecule has 0 aliphatic carbocycles. The number of halogens is 1. The first-order chi connectivity index (χ1) is 17.7. The van der Waals surface area contributed by atoms with Crippen molar-refractivity contribution in [1.29, 1.82) is 0 Å². The smallest absolute Gasteiger partial charge is 0.240 e. The van der Waals surface area contributed by atoms with Gasteiger partial charge in [-0.3, -0.25) is 9.69 Å². The van der Waals surface area contributed by atoms with E-state index >= 15 is 0 Å². The SMILES string of the molecule is CCN(CC)CCN(C(=O)C(c1ccccc1)c1ccccc1)c1nc2cc3c(cc2s1)OCCO3.Cl. The normalized spacial score (nSPS) is 12.5. The zero-order valence-corrected chi connectivity index (χ0v) is 22.8. The minimum atomic E-state index is -0.420. The molecule has 0 bridgehead atoms. The van der Waals surface area contributed by atoms with Gasteiger partial charge in [0.25, 0.3) is 0 Å². The summed E-state index contributed by atoms with van der Waals surface area (Å²) < 4.78 is 12.5. The Hall–Kier alpha value is -3.13. The van der Waals surface area contributed by atoms with E-state index in [1.54, 1.807) is 0 Å². The zero-order valence-electron chi connectivity index (χ0n) is 21.1. The van der Waals surface area contributed by atoms with Gasteiger partial charge in [0.15, 0.2) is 16.6 Å². The van der Waals surface area contributed by atoms with Crippen LogP contribution < -0.4 is 14.4 Å². The highest BCUT2D eigenvalue weighted by atomic mass is 35.5. The van der Waals surface area contributed by atoms with Crippen molar-refractivity contribution in [2.75, 3.05) is 44.3 Å². The maximum Gasteiger partial charge on any atom is 0.240 e. The fraction of sp³-hybridized carbons (Fsp3) is 0.310. The summed E-state index contributed by atoms with van der Waals surface area (Å²) in [7, 11) is 0. The number of carbonyl (C=O) groups is 1. The van der Waals surface area contributed by atoms with Crippen LogP contribution in [0, 0.1) is 0 Å². The molecule has 2 heterocycles. The highest BCUT2D eigenvalue weighted by Gasteiger charge is 2.30. The number of rotatable bonds is 9. The lowest BCUT2D eigenvalue weighted by Gasteiger charge is -2.28. The van der Waals surface area contributed by atoms with Crippen molar-refractivity contribution in [2.24, 2.45) is 0 Å². The van der Waals surface area contributed by atoms with Crippen molar-refractivity contribution in [3.05, 3.63) is 83.9 Å². The van der Waals surface area contributed by atoms with Crippen molar-refractivity contribution in [3.8, 4) is 11.5 Å². The van der Waals surface area contributed by atoms with Crippen LogP contribution >= 0.6 is 23.7 Å². The lowest BCUT2D eigenvalue weighted by Crippen LogP contribution is -2.41. The quantitative estimate of drug-likeness (QED) is 0.262. The predicted molar refractivity (Wildman–Crippen MR) is 153 cm³/mol. The highest BCUT2D eigenvalue weighted by molar-refractivity contribution is 7.22. The first-order valence-corrected chi connectivity index (χ1v) is 13.3. The van der Waals surface area contributed by atoms with E-state index in [0.717, 1.165) is 46.7 Å². The summed E-state index contributed by atoms with van der Waals surface area (Å²) in [5.74, 6) is 1.04. The second-order valence-corrected chi connectivity index (χ2v) is 9.74. The van der Waals surface area contributed by atoms with E-state index in [0.29, 0.717) is 30.6 Å². The second-order valence-electron chi connectivity index (χ2n) is 8.73. The molecule has 3 aromatic carbocycles. The number of amides is 1. The molecule has 37 heavy (non-hydrogen) atoms. The molecule has 1 aliphatic heterocycles. The van der Waals surface area contributed by atoms with E-state index in [1.165, 1.54) is 11.3 Å². The molecule has 6 nitrogen and oxygen atoms in total. The number of likely N-dealkylation sites (N-methyl/N-ethyl adjacent to an activating group) is 1. The summed E-state index contributed by atoms with van der Waals surface area (Å²) in [6, 6.07) is 23.9. The van der Waals surface area contributed by atoms with Crippen LogP contribution in [-0.2, 0) is 4.79 Å². The van der Waals surface area contributed by atoms with Gasteiger partial charge in [0.05, 0.1) is 16.1 Å². The Kier molecular flexibility index (Phi) is 9.03. The lowest BCUT2D eigenvalue weighted by atomic mass is 9.90. The van der Waals surface area contributed by atoms with Crippen LogP contribution in [0.1, 0.15) is 30.9 Å². The van der Waals surface area contributed by atoms with Gasteiger partial charge in [0.2, 0.25) is 5.91 Å². The Morgan fingerprint density at radius 3 is 2.03 bits per heavy atom. The maximum atomic E-state index is 14.4. The van der Waals surface area contributed by atoms with Crippen LogP contribution in [0.5, 0.6) is 11.5 Å². The standard InChI is InChI=1S/C29H31N3O3S.ClH/c1-3-31(4-2)15-16-32(29-30-23-19-24-25(20-26(23)36-29)35-18-17-34-24)28(33)27(21-11-7-5-8-12-21)22-13-9-6-10-14-22;/h5-14,19-20,27H,3-4,15-18H2,1-2H3;1H. The van der Waals surface area contributed by atoms with Crippen molar-refractivity contribution < 1.29 is 14.3 Å². The van der Waals surface area contributed by atoms with Crippen LogP contribution in [0.3, 0.4) is 0 Å². The van der Waals surface area contributed by atoms with Gasteiger partial charge >= 0.3 is 0 Å². The van der Waals surface area contributed by atoms with Gasteiger partial charge in [0.1, 0.15) is 13.2 Å². The van der Waals surface area contributed by atoms with Crippen LogP contribution in [0.2, 0.25) is 0 Å². The largest absolute Gasteiger partial charge is 0.486 e. The molecule has 0 N–H and O–H groups in total. The van der Waals surface area contributed by atoms with E-state index < -0.39 is 5.92 Å². The Balaban J connectivity index is 0.00000320. The number of aromatic nitrogens is 1. The van der Waals surface area contributed by atoms with Crippen molar-refractivity contribution in [1.82, 2.24) is 9.88 Å². The van der Waals surface area contributed by atoms with E-state index in [4.69, 9.17) is 14.5 Å². The third-order valence-corrected chi connectivity index (χ3v) is 7.63. The van der Waals surface area contributed by atoms with Gasteiger partial charge in [0, 0.05) is 25.2 Å². The molecular formula is C29H32ClN3O3S. The van der Waals surface area contributed by atoms with Gasteiger partial charge in [-0.15, -0.1) is 12.4 Å². The summed E-state index contributed by atoms with van der Waals surface area (Å²) in [6.45, 7) is 8.55. The molecule has 0 fully saturated rings. The van der Waals surface area contributed by atoms with Gasteiger partial charge in [-0.1, -0.05) is 85.8 Å². The summed E-state index contributed by atoms with van der Waals surface area (Å²) in [5.41, 5.74) is 2.76. The maximum absolute atomic E-state index is 14.4. The van der Waals surface area contributed by atoms with E-state index in [9.17, 15) is 4.79 Å². The zero-order chi connectivity index (χ0) is 24.9. The molecule has 0 saturated carbocycles. The summed E-state index contributed by atoms with van der Waals surface area (Å²) in [5, 5.41) is 0.696. The first-order valence-electron chi connectivity index (χ1n) is 12.5. The topological polar surface area (TPSA) is 54.9 Å². The average Bonchev–Trinajstić information content (AvgIpc) is 3.33. The number of nitrogens with zero attached hydrogens (tertiary/aromatic N) is 3. The number of carbonyl (C=O) groups excluding carboxylic acids is 1. The van der Waals surface area contributed by atoms with Crippen molar-refractivity contribution in [2.45, 2.75) is 19.8 Å². The minimum absolute atomic E-state index is 0. The molecule has 1 aromatic heterocycles. The molecule has 0 unspecified atom stereocenters. The lowest BCUT2D eigenvalue weighted by molar-refractivity contribution is -0.119. The average molecular weight is 538 g/mol. The van der Waals surface area contributed by atoms with Gasteiger partial charge < -0.3 is 14.4 Å². The van der Waals surface area contributed by atoms with Crippen LogP contribution in [0.15, 0.2) is 72.8 Å². The molecule has 194 valence electrons. The van der Waals surface area contributed by atoms with Crippen LogP contribution in [0.25, 0.3) is 10.2 Å². The number of thiazole rings is 1. The Labute approximate surface area is 228 Å². The molecular weight excluding hydrogens is 506 g/mol. The molecule has 5 rings (SSSR count). The highest BCUT2D eigenvalue weighted by Crippen LogP contribution is 2.39. The van der Waals surface area contributed by atoms with Gasteiger partial charge in [-0.25, -0.2) is 4.98 Å². The van der Waals surface area contributed by atoms with Gasteiger partial charge in [-0.05, 0) is 24.2 Å². The number of benzene rings is 3. The van der Waals surface area contributed by atoms with Crippen LogP contribution in [-0.4, -0.2) is 55.2 Å². The fourth-order valence-corrected chi connectivity index (χ4v) is 5.58. The second kappa shape index (κ2) is 12.4. The number of hydrogen-bond donors (Lipinski definition) is 0.